The summed E-state index contributed by atoms with van der Waals surface area (Å²) in [5.74, 6) is -2.36. The molecule has 4 aliphatic heterocycles. The number of rotatable bonds is 25. The van der Waals surface area contributed by atoms with E-state index in [2.05, 4.69) is 47.6 Å². The van der Waals surface area contributed by atoms with E-state index in [0.717, 1.165) is 12.8 Å². The summed E-state index contributed by atoms with van der Waals surface area (Å²) in [7, 11) is 0. The average Bonchev–Trinajstić information content (AvgIpc) is 0.714. The number of hydrogen-bond donors (Lipinski definition) is 19. The van der Waals surface area contributed by atoms with Gasteiger partial charge in [0.15, 0.2) is 5.79 Å². The van der Waals surface area contributed by atoms with E-state index in [4.69, 9.17) is 42.6 Å². The number of ether oxygens (including phenoxy) is 9. The zero-order chi connectivity index (χ0) is 71.7. The molecule has 19 N–H and O–H groups in total. The molecule has 0 aromatic heterocycles. The summed E-state index contributed by atoms with van der Waals surface area (Å²) in [5, 5.41) is 208. The maximum Gasteiger partial charge on any atom is 0.195 e. The lowest BCUT2D eigenvalue weighted by molar-refractivity contribution is -0.402. The van der Waals surface area contributed by atoms with Gasteiger partial charge in [0.05, 0.1) is 95.6 Å². The van der Waals surface area contributed by atoms with Crippen LogP contribution in [0.5, 0.6) is 0 Å². The highest BCUT2D eigenvalue weighted by atomic mass is 16.7. The van der Waals surface area contributed by atoms with Crippen molar-refractivity contribution in [2.75, 3.05) is 59.5 Å². The third-order valence-electron chi connectivity index (χ3n) is 24.9. The number of allylic oxidation sites excluding steroid dienone is 1. The Kier molecular flexibility index (Phi) is 25.4. The molecule has 8 aliphatic rings. The second kappa shape index (κ2) is 30.4. The smallest absolute Gasteiger partial charge is 0.195 e. The van der Waals surface area contributed by atoms with E-state index in [-0.39, 0.29) is 67.9 Å². The Hall–Kier alpha value is -1.38. The molecule has 28 heteroatoms. The molecular formula is C68H120O28. The van der Waals surface area contributed by atoms with E-state index in [1.807, 2.05) is 0 Å². The van der Waals surface area contributed by atoms with E-state index in [0.29, 0.717) is 25.7 Å². The predicted octanol–water partition coefficient (Wildman–Crippen LogP) is -2.95. The number of aliphatic hydroxyl groups is 19. The highest BCUT2D eigenvalue weighted by molar-refractivity contribution is 5.29. The van der Waals surface area contributed by atoms with Gasteiger partial charge in [0, 0.05) is 22.2 Å². The summed E-state index contributed by atoms with van der Waals surface area (Å²) in [4.78, 5) is 0. The lowest BCUT2D eigenvalue weighted by Gasteiger charge is -2.62. The molecule has 4 saturated heterocycles. The van der Waals surface area contributed by atoms with Crippen molar-refractivity contribution in [3.05, 3.63) is 11.6 Å². The Morgan fingerprint density at radius 2 is 1.06 bits per heavy atom. The molecule has 0 aromatic rings. The van der Waals surface area contributed by atoms with Gasteiger partial charge in [-0.1, -0.05) is 60.1 Å². The van der Waals surface area contributed by atoms with Crippen molar-refractivity contribution in [1.82, 2.24) is 0 Å². The fourth-order valence-electron chi connectivity index (χ4n) is 18.0. The molecule has 4 aliphatic carbocycles. The van der Waals surface area contributed by atoms with Gasteiger partial charge < -0.3 is 140 Å². The molecule has 3 saturated carbocycles. The number of hydrogen-bond acceptors (Lipinski definition) is 28. The van der Waals surface area contributed by atoms with Crippen LogP contribution in [0.15, 0.2) is 11.6 Å². The molecule has 0 radical (unpaired) electrons. The van der Waals surface area contributed by atoms with Crippen LogP contribution in [0.3, 0.4) is 0 Å². The second-order valence-electron chi connectivity index (χ2n) is 32.7. The molecular weight excluding hydrogens is 1260 g/mol. The minimum Gasteiger partial charge on any atom is -0.394 e. The first-order chi connectivity index (χ1) is 44.5. The van der Waals surface area contributed by atoms with Crippen molar-refractivity contribution in [2.24, 2.45) is 57.7 Å². The number of aliphatic hydroxyl groups excluding tert-OH is 18. The van der Waals surface area contributed by atoms with Crippen LogP contribution in [0.25, 0.3) is 0 Å². The van der Waals surface area contributed by atoms with E-state index in [1.54, 1.807) is 20.8 Å². The van der Waals surface area contributed by atoms with Gasteiger partial charge in [0.25, 0.3) is 0 Å². The predicted molar refractivity (Wildman–Crippen MR) is 339 cm³/mol. The first kappa shape index (κ1) is 80.3. The topological polar surface area (TPSA) is 467 Å². The second-order valence-corrected chi connectivity index (χ2v) is 32.7. The molecule has 4 heterocycles. The van der Waals surface area contributed by atoms with Gasteiger partial charge in [-0.2, -0.15) is 0 Å². The van der Waals surface area contributed by atoms with Crippen LogP contribution in [0.1, 0.15) is 135 Å². The summed E-state index contributed by atoms with van der Waals surface area (Å²) >= 11 is 0. The van der Waals surface area contributed by atoms with Crippen LogP contribution in [-0.4, -0.2) is 319 Å². The Morgan fingerprint density at radius 1 is 0.562 bits per heavy atom. The maximum atomic E-state index is 12.6. The molecule has 0 bridgehead atoms. The quantitative estimate of drug-likeness (QED) is 0.0406. The van der Waals surface area contributed by atoms with Crippen LogP contribution in [0.4, 0.5) is 0 Å². The summed E-state index contributed by atoms with van der Waals surface area (Å²) in [5.41, 5.74) is -7.30. The minimum atomic E-state index is -2.24. The third kappa shape index (κ3) is 15.3. The summed E-state index contributed by atoms with van der Waals surface area (Å²) < 4.78 is 55.6. The molecule has 28 nitrogen and oxygen atoms in total. The lowest BCUT2D eigenvalue weighted by atomic mass is 9.44. The van der Waals surface area contributed by atoms with Gasteiger partial charge >= 0.3 is 0 Å². The first-order valence-electron chi connectivity index (χ1n) is 34.7. The van der Waals surface area contributed by atoms with Crippen molar-refractivity contribution in [1.29, 1.82) is 0 Å². The van der Waals surface area contributed by atoms with E-state index in [1.165, 1.54) is 33.3 Å². The van der Waals surface area contributed by atoms with Crippen molar-refractivity contribution in [2.45, 2.75) is 297 Å². The Balaban J connectivity index is 0.914. The van der Waals surface area contributed by atoms with Crippen molar-refractivity contribution < 1.29 is 140 Å². The van der Waals surface area contributed by atoms with Crippen LogP contribution >= 0.6 is 0 Å². The van der Waals surface area contributed by atoms with Crippen molar-refractivity contribution in [3.63, 3.8) is 0 Å². The zero-order valence-electron chi connectivity index (χ0n) is 58.3. The highest BCUT2D eigenvalue weighted by Gasteiger charge is 2.63. The molecule has 560 valence electrons. The molecule has 96 heavy (non-hydrogen) atoms. The Bertz CT molecular complexity index is 2540. The zero-order valence-corrected chi connectivity index (χ0v) is 58.3. The van der Waals surface area contributed by atoms with E-state index >= 15 is 0 Å². The van der Waals surface area contributed by atoms with Crippen molar-refractivity contribution >= 4 is 0 Å². The van der Waals surface area contributed by atoms with Crippen LogP contribution in [0.2, 0.25) is 0 Å². The van der Waals surface area contributed by atoms with Gasteiger partial charge in [0.1, 0.15) is 121 Å². The lowest BCUT2D eigenvalue weighted by Crippen LogP contribution is -2.72. The average molecular weight is 1390 g/mol. The summed E-state index contributed by atoms with van der Waals surface area (Å²) in [6.45, 7) is 19.9. The largest absolute Gasteiger partial charge is 0.394 e. The van der Waals surface area contributed by atoms with Crippen molar-refractivity contribution in [3.8, 4) is 0 Å². The fraction of sp³-hybridized carbons (Fsp3) is 0.971. The Morgan fingerprint density at radius 3 is 1.60 bits per heavy atom. The Labute approximate surface area is 564 Å². The standard InChI is InChI=1S/C68H120O28/c1-31(14-18-45(62(6,7)87)91-30-66(11)60(96-68(13)59(86)54(81)49(76)41(24-71)95-68)55(82)50(77)42(94-66)26-89-29-65(10)58(85)53(80)48(75)40(23-70)93-65)32(2)35-20-43(72)67(12)36(33(35)3)15-16-37-38(67)17-19-44(61(37,4)5)90-27-63(8)21-34(46(73)51(78)56(63)83)25-88-28-64(9)57(84)52(79)47(74)39(22-69)92-64/h16,31-36,38-60,69-87H,14-15,17-30H2,1-13H3/t31?,32?,33?,34?,35?,36?,38?,39?,40?,41?,42?,43?,44?,45?,46-,47-,48+,49+,50+,51-,52-,53+,54+,55+,56?,57?,58?,59?,60?,63+,64+,65-,66-,67?,68-/m1/s1. The molecule has 35 atom stereocenters. The summed E-state index contributed by atoms with van der Waals surface area (Å²) in [6, 6.07) is 0. The van der Waals surface area contributed by atoms with E-state index in [9.17, 15) is 97.0 Å². The van der Waals surface area contributed by atoms with E-state index < -0.39 is 218 Å². The highest BCUT2D eigenvalue weighted by Crippen LogP contribution is 2.64. The molecule has 0 spiro atoms. The molecule has 20 unspecified atom stereocenters. The molecule has 7 fully saturated rings. The number of fused-ring (bicyclic) bond motifs is 3. The van der Waals surface area contributed by atoms with Gasteiger partial charge in [-0.3, -0.25) is 0 Å². The minimum absolute atomic E-state index is 0.0353. The normalized spacial score (nSPS) is 50.2. The maximum absolute atomic E-state index is 12.6. The van der Waals surface area contributed by atoms with Crippen LogP contribution in [0, 0.1) is 57.7 Å². The summed E-state index contributed by atoms with van der Waals surface area (Å²) in [6.07, 6.45) is -25.9. The molecule has 0 amide bonds. The fourth-order valence-corrected chi connectivity index (χ4v) is 18.0. The molecule has 0 aromatic carbocycles. The molecule has 8 rings (SSSR count). The van der Waals surface area contributed by atoms with Crippen LogP contribution < -0.4 is 0 Å². The monoisotopic (exact) mass is 1380 g/mol. The van der Waals surface area contributed by atoms with Gasteiger partial charge in [-0.25, -0.2) is 0 Å². The first-order valence-corrected chi connectivity index (χ1v) is 34.7. The van der Waals surface area contributed by atoms with Gasteiger partial charge in [-0.05, 0) is 122 Å². The van der Waals surface area contributed by atoms with Gasteiger partial charge in [0.2, 0.25) is 0 Å². The van der Waals surface area contributed by atoms with Crippen LogP contribution in [-0.2, 0) is 42.6 Å². The SMILES string of the molecule is CC(CCC(OC[C@@]1(C)OC(COC[C@@]2(C)OC(CO)[C@H](O)[C@H](O)C2O)[C@H](O)[C@H](O)C1O[C@@]1(C)OC(CO)[C@H](O)[C@H](O)C1O)C(C)(C)O)C(C)C1CC(O)C2(C)C3CCC(OC[C@]4(C)CC(COC[C@]5(C)OC(CO)[C@@H](O)[C@@H](O)C5O)[C@@H](O)[C@@H](O)C4O)C(C)(C)C3=CCC2C1C. The third-order valence-corrected chi connectivity index (χ3v) is 24.9. The van der Waals surface area contributed by atoms with Gasteiger partial charge in [-0.15, -0.1) is 0 Å².